The normalized spacial score (nSPS) is 14.6. The SMILES string of the molecule is CN(C)CCN(CC(=O)O)C(=O)c1cccn1C1CC1. The zero-order valence-corrected chi connectivity index (χ0v) is 12.0. The molecule has 0 spiro atoms. The lowest BCUT2D eigenvalue weighted by atomic mass is 10.3. The number of carbonyl (C=O) groups excluding carboxylic acids is 1. The number of carboxylic acid groups (broad SMARTS) is 1. The van der Waals surface area contributed by atoms with Crippen LogP contribution in [-0.4, -0.2) is 65.1 Å². The minimum atomic E-state index is -0.985. The number of carbonyl (C=O) groups is 2. The van der Waals surface area contributed by atoms with Crippen molar-refractivity contribution in [3.05, 3.63) is 24.0 Å². The fourth-order valence-electron chi connectivity index (χ4n) is 2.14. The zero-order valence-electron chi connectivity index (χ0n) is 12.0. The number of amides is 1. The van der Waals surface area contributed by atoms with Crippen molar-refractivity contribution in [3.63, 3.8) is 0 Å². The number of hydrogen-bond acceptors (Lipinski definition) is 3. The van der Waals surface area contributed by atoms with E-state index < -0.39 is 5.97 Å². The average molecular weight is 279 g/mol. The van der Waals surface area contributed by atoms with Gasteiger partial charge < -0.3 is 19.5 Å². The topological polar surface area (TPSA) is 65.8 Å². The summed E-state index contributed by atoms with van der Waals surface area (Å²) in [7, 11) is 3.80. The Morgan fingerprint density at radius 2 is 2.05 bits per heavy atom. The first-order valence-corrected chi connectivity index (χ1v) is 6.81. The van der Waals surface area contributed by atoms with Crippen LogP contribution in [0.5, 0.6) is 0 Å². The first kappa shape index (κ1) is 14.6. The molecule has 1 N–H and O–H groups in total. The highest BCUT2D eigenvalue weighted by atomic mass is 16.4. The Bertz CT molecular complexity index is 492. The summed E-state index contributed by atoms with van der Waals surface area (Å²) in [6, 6.07) is 4.02. The van der Waals surface area contributed by atoms with Gasteiger partial charge >= 0.3 is 5.97 Å². The molecule has 0 aliphatic heterocycles. The summed E-state index contributed by atoms with van der Waals surface area (Å²) >= 11 is 0. The van der Waals surface area contributed by atoms with Crippen molar-refractivity contribution in [3.8, 4) is 0 Å². The summed E-state index contributed by atoms with van der Waals surface area (Å²) in [5.74, 6) is -1.19. The van der Waals surface area contributed by atoms with Crippen LogP contribution >= 0.6 is 0 Å². The van der Waals surface area contributed by atoms with Crippen LogP contribution in [0.25, 0.3) is 0 Å². The predicted molar refractivity (Wildman–Crippen MR) is 74.8 cm³/mol. The van der Waals surface area contributed by atoms with Crippen molar-refractivity contribution in [2.24, 2.45) is 0 Å². The number of aliphatic carboxylic acids is 1. The van der Waals surface area contributed by atoms with Crippen molar-refractivity contribution in [2.75, 3.05) is 33.7 Å². The van der Waals surface area contributed by atoms with Gasteiger partial charge in [-0.3, -0.25) is 9.59 Å². The molecule has 0 unspecified atom stereocenters. The maximum Gasteiger partial charge on any atom is 0.323 e. The molecule has 1 fully saturated rings. The van der Waals surface area contributed by atoms with E-state index in [1.807, 2.05) is 35.8 Å². The number of hydrogen-bond donors (Lipinski definition) is 1. The van der Waals surface area contributed by atoms with Crippen LogP contribution < -0.4 is 0 Å². The maximum absolute atomic E-state index is 12.5. The molecule has 1 amide bonds. The lowest BCUT2D eigenvalue weighted by Gasteiger charge is -2.23. The molecule has 2 rings (SSSR count). The second-order valence-electron chi connectivity index (χ2n) is 5.46. The monoisotopic (exact) mass is 279 g/mol. The lowest BCUT2D eigenvalue weighted by molar-refractivity contribution is -0.137. The highest BCUT2D eigenvalue weighted by Crippen LogP contribution is 2.36. The van der Waals surface area contributed by atoms with E-state index in [0.29, 0.717) is 24.8 Å². The summed E-state index contributed by atoms with van der Waals surface area (Å²) in [6.45, 7) is 0.791. The first-order chi connectivity index (χ1) is 9.49. The molecule has 0 saturated heterocycles. The van der Waals surface area contributed by atoms with Gasteiger partial charge in [0.05, 0.1) is 0 Å². The van der Waals surface area contributed by atoms with Crippen molar-refractivity contribution in [1.82, 2.24) is 14.4 Å². The zero-order chi connectivity index (χ0) is 14.7. The molecule has 6 nitrogen and oxygen atoms in total. The molecule has 20 heavy (non-hydrogen) atoms. The van der Waals surface area contributed by atoms with E-state index in [9.17, 15) is 9.59 Å². The Labute approximate surface area is 118 Å². The Morgan fingerprint density at radius 3 is 2.60 bits per heavy atom. The first-order valence-electron chi connectivity index (χ1n) is 6.81. The Balaban J connectivity index is 2.11. The Hall–Kier alpha value is -1.82. The molecular weight excluding hydrogens is 258 g/mol. The molecule has 110 valence electrons. The quantitative estimate of drug-likeness (QED) is 0.805. The van der Waals surface area contributed by atoms with Crippen LogP contribution in [-0.2, 0) is 4.79 Å². The standard InChI is InChI=1S/C14H21N3O3/c1-15(2)8-9-16(10-13(18)19)14(20)12-4-3-7-17(12)11-5-6-11/h3-4,7,11H,5-6,8-10H2,1-2H3,(H,18,19). The van der Waals surface area contributed by atoms with Crippen LogP contribution in [0.3, 0.4) is 0 Å². The molecule has 0 atom stereocenters. The Morgan fingerprint density at radius 1 is 1.35 bits per heavy atom. The molecule has 6 heteroatoms. The van der Waals surface area contributed by atoms with Gasteiger partial charge in [0, 0.05) is 25.3 Å². The van der Waals surface area contributed by atoms with Gasteiger partial charge in [-0.25, -0.2) is 0 Å². The summed E-state index contributed by atoms with van der Waals surface area (Å²) in [6.07, 6.45) is 4.08. The van der Waals surface area contributed by atoms with E-state index in [0.717, 1.165) is 12.8 Å². The second-order valence-corrected chi connectivity index (χ2v) is 5.46. The van der Waals surface area contributed by atoms with E-state index in [2.05, 4.69) is 0 Å². The van der Waals surface area contributed by atoms with E-state index in [1.165, 1.54) is 4.90 Å². The van der Waals surface area contributed by atoms with Crippen LogP contribution in [0.4, 0.5) is 0 Å². The van der Waals surface area contributed by atoms with Crippen molar-refractivity contribution in [2.45, 2.75) is 18.9 Å². The molecule has 1 saturated carbocycles. The van der Waals surface area contributed by atoms with Crippen LogP contribution in [0, 0.1) is 0 Å². The van der Waals surface area contributed by atoms with E-state index in [4.69, 9.17) is 5.11 Å². The van der Waals surface area contributed by atoms with Gasteiger partial charge in [0.2, 0.25) is 0 Å². The highest BCUT2D eigenvalue weighted by molar-refractivity contribution is 5.94. The minimum Gasteiger partial charge on any atom is -0.480 e. The number of rotatable bonds is 7. The van der Waals surface area contributed by atoms with Crippen molar-refractivity contribution in [1.29, 1.82) is 0 Å². The molecule has 1 aliphatic rings. The summed E-state index contributed by atoms with van der Waals surface area (Å²) in [5, 5.41) is 8.97. The maximum atomic E-state index is 12.5. The number of aromatic nitrogens is 1. The number of likely N-dealkylation sites (N-methyl/N-ethyl adjacent to an activating group) is 1. The third-order valence-corrected chi connectivity index (χ3v) is 3.37. The largest absolute Gasteiger partial charge is 0.480 e. The molecule has 1 aliphatic carbocycles. The molecule has 0 bridgehead atoms. The van der Waals surface area contributed by atoms with E-state index in [-0.39, 0.29) is 12.5 Å². The van der Waals surface area contributed by atoms with Crippen LogP contribution in [0.2, 0.25) is 0 Å². The van der Waals surface area contributed by atoms with Gasteiger partial charge in [-0.05, 0) is 39.1 Å². The molecule has 1 aromatic heterocycles. The smallest absolute Gasteiger partial charge is 0.323 e. The van der Waals surface area contributed by atoms with E-state index >= 15 is 0 Å². The van der Waals surface area contributed by atoms with Gasteiger partial charge in [-0.1, -0.05) is 0 Å². The summed E-state index contributed by atoms with van der Waals surface area (Å²) in [4.78, 5) is 26.8. The lowest BCUT2D eigenvalue weighted by Crippen LogP contribution is -2.40. The van der Waals surface area contributed by atoms with Crippen LogP contribution in [0.15, 0.2) is 18.3 Å². The van der Waals surface area contributed by atoms with E-state index in [1.54, 1.807) is 6.07 Å². The van der Waals surface area contributed by atoms with Gasteiger partial charge in [0.1, 0.15) is 12.2 Å². The predicted octanol–water partition coefficient (Wildman–Crippen LogP) is 0.911. The molecular formula is C14H21N3O3. The number of carboxylic acids is 1. The molecule has 1 aromatic rings. The fourth-order valence-corrected chi connectivity index (χ4v) is 2.14. The van der Waals surface area contributed by atoms with Gasteiger partial charge in [-0.2, -0.15) is 0 Å². The third-order valence-electron chi connectivity index (χ3n) is 3.37. The van der Waals surface area contributed by atoms with Crippen LogP contribution in [0.1, 0.15) is 29.4 Å². The van der Waals surface area contributed by atoms with Gasteiger partial charge in [0.15, 0.2) is 0 Å². The van der Waals surface area contributed by atoms with Crippen molar-refractivity contribution < 1.29 is 14.7 Å². The molecule has 1 heterocycles. The highest BCUT2D eigenvalue weighted by Gasteiger charge is 2.29. The summed E-state index contributed by atoms with van der Waals surface area (Å²) < 4.78 is 1.97. The second kappa shape index (κ2) is 6.09. The fraction of sp³-hybridized carbons (Fsp3) is 0.571. The molecule has 0 aromatic carbocycles. The van der Waals surface area contributed by atoms with Gasteiger partial charge in [-0.15, -0.1) is 0 Å². The van der Waals surface area contributed by atoms with Crippen molar-refractivity contribution >= 4 is 11.9 Å². The number of nitrogens with zero attached hydrogens (tertiary/aromatic N) is 3. The summed E-state index contributed by atoms with van der Waals surface area (Å²) in [5.41, 5.74) is 0.590. The Kier molecular flexibility index (Phi) is 4.44. The molecule has 0 radical (unpaired) electrons. The van der Waals surface area contributed by atoms with Gasteiger partial charge in [0.25, 0.3) is 5.91 Å². The third kappa shape index (κ3) is 3.60. The minimum absolute atomic E-state index is 0.203. The average Bonchev–Trinajstić information content (AvgIpc) is 3.10.